The molecule has 1 aliphatic rings. The van der Waals surface area contributed by atoms with Gasteiger partial charge in [-0.15, -0.1) is 0 Å². The SMILES string of the molecule is CC(N)N1C(=O)CCC1O. The van der Waals surface area contributed by atoms with Crippen molar-refractivity contribution < 1.29 is 9.90 Å². The largest absolute Gasteiger partial charge is 0.373 e. The molecule has 1 amide bonds. The van der Waals surface area contributed by atoms with Crippen LogP contribution in [-0.4, -0.2) is 28.3 Å². The van der Waals surface area contributed by atoms with Gasteiger partial charge in [0.15, 0.2) is 0 Å². The highest BCUT2D eigenvalue weighted by molar-refractivity contribution is 5.78. The van der Waals surface area contributed by atoms with E-state index in [1.165, 1.54) is 4.90 Å². The zero-order valence-electron chi connectivity index (χ0n) is 5.95. The molecule has 1 fully saturated rings. The lowest BCUT2D eigenvalue weighted by molar-refractivity contribution is -0.135. The number of rotatable bonds is 1. The van der Waals surface area contributed by atoms with Crippen molar-refractivity contribution >= 4 is 5.91 Å². The number of hydrogen-bond acceptors (Lipinski definition) is 3. The standard InChI is InChI=1S/C6H12N2O2/c1-4(7)8-5(9)2-3-6(8)10/h4-5,9H,2-3,7H2,1H3. The number of carbonyl (C=O) groups is 1. The number of aliphatic hydroxyl groups excluding tert-OH is 1. The van der Waals surface area contributed by atoms with Gasteiger partial charge < -0.3 is 15.7 Å². The molecule has 0 spiro atoms. The Hall–Kier alpha value is -0.610. The van der Waals surface area contributed by atoms with Crippen LogP contribution in [0.3, 0.4) is 0 Å². The van der Waals surface area contributed by atoms with Crippen LogP contribution in [0.25, 0.3) is 0 Å². The monoisotopic (exact) mass is 144 g/mol. The predicted molar refractivity (Wildman–Crippen MR) is 35.7 cm³/mol. The van der Waals surface area contributed by atoms with Gasteiger partial charge in [0.25, 0.3) is 0 Å². The fraction of sp³-hybridized carbons (Fsp3) is 0.833. The molecule has 0 aromatic heterocycles. The van der Waals surface area contributed by atoms with Gasteiger partial charge in [-0.1, -0.05) is 0 Å². The van der Waals surface area contributed by atoms with Gasteiger partial charge in [0, 0.05) is 12.8 Å². The highest BCUT2D eigenvalue weighted by atomic mass is 16.3. The maximum absolute atomic E-state index is 10.9. The number of likely N-dealkylation sites (tertiary alicyclic amines) is 1. The third kappa shape index (κ3) is 1.12. The Balaban J connectivity index is 2.63. The second-order valence-corrected chi connectivity index (χ2v) is 2.56. The van der Waals surface area contributed by atoms with Crippen LogP contribution in [-0.2, 0) is 4.79 Å². The van der Waals surface area contributed by atoms with Gasteiger partial charge in [-0.05, 0) is 6.92 Å². The van der Waals surface area contributed by atoms with Crippen molar-refractivity contribution in [3.8, 4) is 0 Å². The Morgan fingerprint density at radius 3 is 2.70 bits per heavy atom. The number of nitrogens with two attached hydrogens (primary N) is 1. The van der Waals surface area contributed by atoms with Crippen molar-refractivity contribution in [3.05, 3.63) is 0 Å². The zero-order chi connectivity index (χ0) is 7.72. The van der Waals surface area contributed by atoms with Crippen LogP contribution >= 0.6 is 0 Å². The number of hydrogen-bond donors (Lipinski definition) is 2. The summed E-state index contributed by atoms with van der Waals surface area (Å²) in [5.41, 5.74) is 5.42. The topological polar surface area (TPSA) is 66.6 Å². The molecule has 1 aliphatic heterocycles. The number of carbonyl (C=O) groups excluding carboxylic acids is 1. The van der Waals surface area contributed by atoms with E-state index in [2.05, 4.69) is 0 Å². The Kier molecular flexibility index (Phi) is 1.92. The summed E-state index contributed by atoms with van der Waals surface area (Å²) in [7, 11) is 0. The molecule has 58 valence electrons. The van der Waals surface area contributed by atoms with Gasteiger partial charge in [-0.25, -0.2) is 0 Å². The number of aliphatic hydroxyl groups is 1. The predicted octanol–water partition coefficient (Wildman–Crippen LogP) is -0.768. The summed E-state index contributed by atoms with van der Waals surface area (Å²) in [6.07, 6.45) is -0.0965. The molecule has 0 aromatic carbocycles. The Bertz CT molecular complexity index is 147. The van der Waals surface area contributed by atoms with Crippen LogP contribution in [0.15, 0.2) is 0 Å². The zero-order valence-corrected chi connectivity index (χ0v) is 5.95. The highest BCUT2D eigenvalue weighted by Crippen LogP contribution is 2.16. The van der Waals surface area contributed by atoms with Gasteiger partial charge in [0.05, 0.1) is 6.17 Å². The smallest absolute Gasteiger partial charge is 0.226 e. The normalized spacial score (nSPS) is 29.3. The van der Waals surface area contributed by atoms with Crippen molar-refractivity contribution in [1.82, 2.24) is 4.90 Å². The van der Waals surface area contributed by atoms with Crippen LogP contribution < -0.4 is 5.73 Å². The third-order valence-electron chi connectivity index (χ3n) is 1.66. The van der Waals surface area contributed by atoms with Crippen LogP contribution in [0.4, 0.5) is 0 Å². The highest BCUT2D eigenvalue weighted by Gasteiger charge is 2.30. The van der Waals surface area contributed by atoms with E-state index in [4.69, 9.17) is 10.8 Å². The van der Waals surface area contributed by atoms with Gasteiger partial charge >= 0.3 is 0 Å². The van der Waals surface area contributed by atoms with Crippen LogP contribution in [0.5, 0.6) is 0 Å². The third-order valence-corrected chi connectivity index (χ3v) is 1.66. The fourth-order valence-electron chi connectivity index (χ4n) is 1.19. The first-order chi connectivity index (χ1) is 4.63. The van der Waals surface area contributed by atoms with Crippen LogP contribution in [0.1, 0.15) is 19.8 Å². The number of nitrogens with zero attached hydrogens (tertiary/aromatic N) is 1. The maximum atomic E-state index is 10.9. The van der Waals surface area contributed by atoms with Crippen molar-refractivity contribution in [2.75, 3.05) is 0 Å². The van der Waals surface area contributed by atoms with Crippen LogP contribution in [0, 0.1) is 0 Å². The lowest BCUT2D eigenvalue weighted by Gasteiger charge is -2.24. The van der Waals surface area contributed by atoms with Crippen LogP contribution in [0.2, 0.25) is 0 Å². The van der Waals surface area contributed by atoms with Crippen molar-refractivity contribution in [3.63, 3.8) is 0 Å². The lowest BCUT2D eigenvalue weighted by Crippen LogP contribution is -2.45. The molecule has 1 saturated heterocycles. The van der Waals surface area contributed by atoms with Crippen molar-refractivity contribution in [2.24, 2.45) is 5.73 Å². The Morgan fingerprint density at radius 2 is 2.50 bits per heavy atom. The average molecular weight is 144 g/mol. The summed E-state index contributed by atoms with van der Waals surface area (Å²) in [6, 6.07) is 0. The summed E-state index contributed by atoms with van der Waals surface area (Å²) in [5.74, 6) is -0.0532. The minimum Gasteiger partial charge on any atom is -0.373 e. The van der Waals surface area contributed by atoms with Gasteiger partial charge in [-0.3, -0.25) is 4.79 Å². The quantitative estimate of drug-likeness (QED) is 0.508. The van der Waals surface area contributed by atoms with Crippen molar-refractivity contribution in [2.45, 2.75) is 32.2 Å². The maximum Gasteiger partial charge on any atom is 0.226 e. The molecule has 0 saturated carbocycles. The summed E-state index contributed by atoms with van der Waals surface area (Å²) in [4.78, 5) is 12.2. The number of amides is 1. The molecule has 4 heteroatoms. The molecule has 3 N–H and O–H groups in total. The van der Waals surface area contributed by atoms with Gasteiger partial charge in [-0.2, -0.15) is 0 Å². The van der Waals surface area contributed by atoms with E-state index in [0.29, 0.717) is 12.8 Å². The summed E-state index contributed by atoms with van der Waals surface area (Å²) in [5, 5.41) is 9.15. The summed E-state index contributed by atoms with van der Waals surface area (Å²) >= 11 is 0. The van der Waals surface area contributed by atoms with E-state index in [-0.39, 0.29) is 12.1 Å². The van der Waals surface area contributed by atoms with Gasteiger partial charge in [0.1, 0.15) is 6.23 Å². The van der Waals surface area contributed by atoms with Crippen molar-refractivity contribution in [1.29, 1.82) is 0 Å². The van der Waals surface area contributed by atoms with E-state index in [1.54, 1.807) is 6.92 Å². The van der Waals surface area contributed by atoms with E-state index in [0.717, 1.165) is 0 Å². The van der Waals surface area contributed by atoms with E-state index in [9.17, 15) is 4.79 Å². The first-order valence-electron chi connectivity index (χ1n) is 3.37. The first kappa shape index (κ1) is 7.50. The second-order valence-electron chi connectivity index (χ2n) is 2.56. The molecule has 1 rings (SSSR count). The Labute approximate surface area is 59.6 Å². The fourth-order valence-corrected chi connectivity index (χ4v) is 1.19. The average Bonchev–Trinajstić information content (AvgIpc) is 2.11. The molecular weight excluding hydrogens is 132 g/mol. The summed E-state index contributed by atoms with van der Waals surface area (Å²) in [6.45, 7) is 1.69. The van der Waals surface area contributed by atoms with E-state index >= 15 is 0 Å². The minimum atomic E-state index is -0.660. The molecule has 0 radical (unpaired) electrons. The molecule has 0 aliphatic carbocycles. The minimum absolute atomic E-state index is 0.0532. The van der Waals surface area contributed by atoms with E-state index in [1.807, 2.05) is 0 Å². The Morgan fingerprint density at radius 1 is 1.90 bits per heavy atom. The second kappa shape index (κ2) is 2.56. The molecular formula is C6H12N2O2. The lowest BCUT2D eigenvalue weighted by atomic mass is 10.4. The van der Waals surface area contributed by atoms with E-state index < -0.39 is 6.23 Å². The molecule has 4 nitrogen and oxygen atoms in total. The molecule has 0 bridgehead atoms. The molecule has 2 unspecified atom stereocenters. The van der Waals surface area contributed by atoms with Gasteiger partial charge in [0.2, 0.25) is 5.91 Å². The molecule has 1 heterocycles. The molecule has 2 atom stereocenters. The first-order valence-corrected chi connectivity index (χ1v) is 3.37. The molecule has 0 aromatic rings. The molecule has 10 heavy (non-hydrogen) atoms. The summed E-state index contributed by atoms with van der Waals surface area (Å²) < 4.78 is 0.